The number of anilines is 1. The highest BCUT2D eigenvalue weighted by Crippen LogP contribution is 2.18. The van der Waals surface area contributed by atoms with Crippen molar-refractivity contribution >= 4 is 27.6 Å². The molecular formula is C11H17BrN4. The molecule has 0 aliphatic heterocycles. The van der Waals surface area contributed by atoms with Gasteiger partial charge in [-0.05, 0) is 35.0 Å². The van der Waals surface area contributed by atoms with Gasteiger partial charge in [0.15, 0.2) is 0 Å². The average Bonchev–Trinajstić information content (AvgIpc) is 2.21. The van der Waals surface area contributed by atoms with Crippen molar-refractivity contribution < 1.29 is 0 Å². The Kier molecular flexibility index (Phi) is 4.29. The van der Waals surface area contributed by atoms with Crippen LogP contribution in [0.3, 0.4) is 0 Å². The summed E-state index contributed by atoms with van der Waals surface area (Å²) in [6.45, 7) is 4.59. The van der Waals surface area contributed by atoms with Gasteiger partial charge in [-0.3, -0.25) is 5.41 Å². The van der Waals surface area contributed by atoms with E-state index in [0.717, 1.165) is 16.0 Å². The molecule has 0 fully saturated rings. The molecule has 16 heavy (non-hydrogen) atoms. The Morgan fingerprint density at radius 2 is 2.25 bits per heavy atom. The zero-order valence-corrected chi connectivity index (χ0v) is 11.4. The van der Waals surface area contributed by atoms with Crippen molar-refractivity contribution in [2.45, 2.75) is 13.8 Å². The molecule has 1 aromatic rings. The minimum absolute atomic E-state index is 0.0377. The maximum absolute atomic E-state index is 7.36. The number of rotatable bonds is 4. The largest absolute Gasteiger partial charge is 0.387 e. The van der Waals surface area contributed by atoms with Crippen LogP contribution >= 0.6 is 15.9 Å². The molecule has 1 rings (SSSR count). The maximum atomic E-state index is 7.36. The lowest BCUT2D eigenvalue weighted by Gasteiger charge is -2.22. The van der Waals surface area contributed by atoms with Crippen LogP contribution in [0.4, 0.5) is 5.82 Å². The van der Waals surface area contributed by atoms with Crippen LogP contribution in [0.15, 0.2) is 16.6 Å². The number of nitrogens with one attached hydrogen (secondary N) is 1. The van der Waals surface area contributed by atoms with Crippen LogP contribution in [0, 0.1) is 18.3 Å². The van der Waals surface area contributed by atoms with Gasteiger partial charge in [0, 0.05) is 24.0 Å². The van der Waals surface area contributed by atoms with E-state index in [1.165, 1.54) is 0 Å². The van der Waals surface area contributed by atoms with E-state index in [-0.39, 0.29) is 11.8 Å². The number of hydrogen-bond donors (Lipinski definition) is 2. The summed E-state index contributed by atoms with van der Waals surface area (Å²) in [5, 5.41) is 7.36. The SMILES string of the molecule is Cc1nc(N(C)CC(C)C(=N)N)ccc1Br. The molecule has 1 heterocycles. The first kappa shape index (κ1) is 13.0. The van der Waals surface area contributed by atoms with Crippen molar-refractivity contribution in [3.05, 3.63) is 22.3 Å². The highest BCUT2D eigenvalue weighted by molar-refractivity contribution is 9.10. The van der Waals surface area contributed by atoms with E-state index in [0.29, 0.717) is 6.54 Å². The van der Waals surface area contributed by atoms with Crippen LogP contribution in [0.1, 0.15) is 12.6 Å². The Balaban J connectivity index is 2.76. The van der Waals surface area contributed by atoms with E-state index in [4.69, 9.17) is 11.1 Å². The van der Waals surface area contributed by atoms with Gasteiger partial charge < -0.3 is 10.6 Å². The van der Waals surface area contributed by atoms with Crippen molar-refractivity contribution in [2.75, 3.05) is 18.5 Å². The molecule has 0 amide bonds. The number of nitrogens with two attached hydrogens (primary N) is 1. The minimum Gasteiger partial charge on any atom is -0.387 e. The summed E-state index contributed by atoms with van der Waals surface area (Å²) >= 11 is 3.42. The molecule has 5 heteroatoms. The fraction of sp³-hybridized carbons (Fsp3) is 0.455. The monoisotopic (exact) mass is 284 g/mol. The molecule has 0 saturated heterocycles. The zero-order valence-electron chi connectivity index (χ0n) is 9.79. The first-order chi connectivity index (χ1) is 7.41. The fourth-order valence-electron chi connectivity index (χ4n) is 1.35. The van der Waals surface area contributed by atoms with Crippen molar-refractivity contribution in [1.82, 2.24) is 4.98 Å². The molecule has 0 saturated carbocycles. The summed E-state index contributed by atoms with van der Waals surface area (Å²) in [6.07, 6.45) is 0. The third-order valence-corrected chi connectivity index (χ3v) is 3.31. The van der Waals surface area contributed by atoms with Gasteiger partial charge in [-0.15, -0.1) is 0 Å². The lowest BCUT2D eigenvalue weighted by molar-refractivity contribution is 0.721. The Bertz CT molecular complexity index is 392. The minimum atomic E-state index is 0.0377. The van der Waals surface area contributed by atoms with Crippen molar-refractivity contribution in [3.63, 3.8) is 0 Å². The first-order valence-corrected chi connectivity index (χ1v) is 5.89. The first-order valence-electron chi connectivity index (χ1n) is 5.10. The third-order valence-electron chi connectivity index (χ3n) is 2.48. The summed E-state index contributed by atoms with van der Waals surface area (Å²) < 4.78 is 1.00. The molecule has 1 aromatic heterocycles. The molecule has 0 radical (unpaired) electrons. The Labute approximate surface area is 104 Å². The average molecular weight is 285 g/mol. The van der Waals surface area contributed by atoms with Crippen LogP contribution in [0.25, 0.3) is 0 Å². The number of aromatic nitrogens is 1. The second-order valence-corrected chi connectivity index (χ2v) is 4.83. The van der Waals surface area contributed by atoms with E-state index in [2.05, 4.69) is 20.9 Å². The number of pyridine rings is 1. The molecule has 3 N–H and O–H groups in total. The van der Waals surface area contributed by atoms with Crippen LogP contribution in [-0.4, -0.2) is 24.4 Å². The standard InChI is InChI=1S/C11H17BrN4/c1-7(11(13)14)6-16(3)10-5-4-9(12)8(2)15-10/h4-5,7H,6H2,1-3H3,(H3,13,14). The summed E-state index contributed by atoms with van der Waals surface area (Å²) in [5.41, 5.74) is 6.40. The molecule has 88 valence electrons. The Morgan fingerprint density at radius 3 is 2.75 bits per heavy atom. The molecular weight excluding hydrogens is 268 g/mol. The van der Waals surface area contributed by atoms with Crippen molar-refractivity contribution in [3.8, 4) is 0 Å². The molecule has 0 aromatic carbocycles. The number of hydrogen-bond acceptors (Lipinski definition) is 3. The second-order valence-electron chi connectivity index (χ2n) is 3.97. The smallest absolute Gasteiger partial charge is 0.128 e. The fourth-order valence-corrected chi connectivity index (χ4v) is 1.57. The lowest BCUT2D eigenvalue weighted by atomic mass is 10.1. The Hall–Kier alpha value is -1.10. The van der Waals surface area contributed by atoms with Crippen LogP contribution in [0.2, 0.25) is 0 Å². The van der Waals surface area contributed by atoms with Gasteiger partial charge in [0.25, 0.3) is 0 Å². The number of halogens is 1. The second kappa shape index (κ2) is 5.30. The highest BCUT2D eigenvalue weighted by atomic mass is 79.9. The maximum Gasteiger partial charge on any atom is 0.128 e. The molecule has 0 spiro atoms. The van der Waals surface area contributed by atoms with Crippen molar-refractivity contribution in [1.29, 1.82) is 5.41 Å². The van der Waals surface area contributed by atoms with Gasteiger partial charge in [0.1, 0.15) is 5.82 Å². The number of amidine groups is 1. The predicted octanol–water partition coefficient (Wildman–Crippen LogP) is 2.16. The van der Waals surface area contributed by atoms with E-state index < -0.39 is 0 Å². The highest BCUT2D eigenvalue weighted by Gasteiger charge is 2.11. The van der Waals surface area contributed by atoms with Gasteiger partial charge >= 0.3 is 0 Å². The van der Waals surface area contributed by atoms with E-state index in [1.807, 2.05) is 37.9 Å². The van der Waals surface area contributed by atoms with Crippen LogP contribution in [-0.2, 0) is 0 Å². The van der Waals surface area contributed by atoms with Gasteiger partial charge in [-0.1, -0.05) is 6.92 Å². The summed E-state index contributed by atoms with van der Waals surface area (Å²) in [5.74, 6) is 1.14. The lowest BCUT2D eigenvalue weighted by Crippen LogP contribution is -2.32. The number of nitrogens with zero attached hydrogens (tertiary/aromatic N) is 2. The molecule has 1 atom stereocenters. The van der Waals surface area contributed by atoms with E-state index >= 15 is 0 Å². The van der Waals surface area contributed by atoms with Gasteiger partial charge in [-0.25, -0.2) is 4.98 Å². The summed E-state index contributed by atoms with van der Waals surface area (Å²) in [6, 6.07) is 3.93. The summed E-state index contributed by atoms with van der Waals surface area (Å²) in [4.78, 5) is 6.46. The van der Waals surface area contributed by atoms with Gasteiger partial charge in [0.05, 0.1) is 11.5 Å². The normalized spacial score (nSPS) is 12.2. The van der Waals surface area contributed by atoms with E-state index in [9.17, 15) is 0 Å². The number of aryl methyl sites for hydroxylation is 1. The molecule has 0 bridgehead atoms. The zero-order chi connectivity index (χ0) is 12.3. The van der Waals surface area contributed by atoms with Gasteiger partial charge in [-0.2, -0.15) is 0 Å². The third kappa shape index (κ3) is 3.20. The molecule has 1 unspecified atom stereocenters. The Morgan fingerprint density at radius 1 is 1.62 bits per heavy atom. The van der Waals surface area contributed by atoms with Gasteiger partial charge in [0.2, 0.25) is 0 Å². The molecule has 4 nitrogen and oxygen atoms in total. The van der Waals surface area contributed by atoms with Crippen molar-refractivity contribution in [2.24, 2.45) is 11.7 Å². The van der Waals surface area contributed by atoms with Crippen LogP contribution < -0.4 is 10.6 Å². The van der Waals surface area contributed by atoms with E-state index in [1.54, 1.807) is 0 Å². The summed E-state index contributed by atoms with van der Waals surface area (Å²) in [7, 11) is 1.95. The molecule has 0 aliphatic rings. The predicted molar refractivity (Wildman–Crippen MR) is 71.0 cm³/mol. The topological polar surface area (TPSA) is 66.0 Å². The molecule has 0 aliphatic carbocycles. The quantitative estimate of drug-likeness (QED) is 0.658. The van der Waals surface area contributed by atoms with Crippen LogP contribution in [0.5, 0.6) is 0 Å².